The second-order valence-corrected chi connectivity index (χ2v) is 4.88. The van der Waals surface area contributed by atoms with Crippen molar-refractivity contribution in [3.05, 3.63) is 66.7 Å². The summed E-state index contributed by atoms with van der Waals surface area (Å²) in [6, 6.07) is 7.80. The summed E-state index contributed by atoms with van der Waals surface area (Å²) in [7, 11) is 0. The number of nitrogens with zero attached hydrogens (tertiary/aromatic N) is 3. The Morgan fingerprint density at radius 3 is 2.39 bits per heavy atom. The maximum atomic E-state index is 10.9. The molecule has 0 N–H and O–H groups in total. The number of nitro groups is 2. The average Bonchev–Trinajstić information content (AvgIpc) is 2.49. The second kappa shape index (κ2) is 6.29. The van der Waals surface area contributed by atoms with Crippen molar-refractivity contribution in [2.24, 2.45) is 0 Å². The van der Waals surface area contributed by atoms with Crippen molar-refractivity contribution in [1.29, 1.82) is 5.26 Å². The van der Waals surface area contributed by atoms with Crippen LogP contribution in [0.3, 0.4) is 0 Å². The number of rotatable bonds is 4. The van der Waals surface area contributed by atoms with Crippen LogP contribution in [-0.2, 0) is 0 Å². The van der Waals surface area contributed by atoms with Gasteiger partial charge in [-0.1, -0.05) is 11.6 Å². The monoisotopic (exact) mass is 333 g/mol. The minimum atomic E-state index is -0.657. The highest BCUT2D eigenvalue weighted by Gasteiger charge is 2.18. The van der Waals surface area contributed by atoms with Gasteiger partial charge in [0.1, 0.15) is 28.2 Å². The molecule has 0 bridgehead atoms. The first-order valence-electron chi connectivity index (χ1n) is 6.14. The fraction of sp³-hybridized carbons (Fsp3) is 0.0714. The van der Waals surface area contributed by atoms with Crippen LogP contribution in [0.1, 0.15) is 11.1 Å². The first-order valence-corrected chi connectivity index (χ1v) is 6.52. The summed E-state index contributed by atoms with van der Waals surface area (Å²) in [6.45, 7) is 1.63. The van der Waals surface area contributed by atoms with E-state index in [-0.39, 0.29) is 33.5 Å². The average molecular weight is 334 g/mol. The van der Waals surface area contributed by atoms with Crippen molar-refractivity contribution in [2.45, 2.75) is 6.92 Å². The number of halogens is 1. The zero-order valence-corrected chi connectivity index (χ0v) is 12.4. The third-order valence-corrected chi connectivity index (χ3v) is 3.26. The number of nitriles is 1. The molecule has 23 heavy (non-hydrogen) atoms. The van der Waals surface area contributed by atoms with E-state index in [4.69, 9.17) is 21.6 Å². The highest BCUT2D eigenvalue weighted by Crippen LogP contribution is 2.36. The third kappa shape index (κ3) is 3.36. The van der Waals surface area contributed by atoms with E-state index < -0.39 is 9.85 Å². The van der Waals surface area contributed by atoms with Crippen LogP contribution in [0.2, 0.25) is 5.02 Å². The Labute approximate surface area is 134 Å². The molecule has 0 atom stereocenters. The fourth-order valence-corrected chi connectivity index (χ4v) is 2.11. The van der Waals surface area contributed by atoms with Crippen LogP contribution in [0.4, 0.5) is 11.4 Å². The standard InChI is InChI=1S/C14H8ClN3O5/c1-8-4-11(15)12(18(21)22)6-14(8)23-13-3-2-10(17(19)20)5-9(13)7-16/h2-6H,1H3. The summed E-state index contributed by atoms with van der Waals surface area (Å²) in [5.41, 5.74) is -0.139. The Hall–Kier alpha value is -3.18. The summed E-state index contributed by atoms with van der Waals surface area (Å²) < 4.78 is 5.50. The van der Waals surface area contributed by atoms with E-state index in [0.717, 1.165) is 12.1 Å². The predicted octanol–water partition coefficient (Wildman–Crippen LogP) is 4.13. The summed E-state index contributed by atoms with van der Waals surface area (Å²) in [5.74, 6) is 0.185. The zero-order chi connectivity index (χ0) is 17.1. The Bertz CT molecular complexity index is 860. The topological polar surface area (TPSA) is 119 Å². The SMILES string of the molecule is Cc1cc(Cl)c([N+](=O)[O-])cc1Oc1ccc([N+](=O)[O-])cc1C#N. The number of ether oxygens (including phenoxy) is 1. The number of aryl methyl sites for hydroxylation is 1. The van der Waals surface area contributed by atoms with Gasteiger partial charge in [-0.25, -0.2) is 0 Å². The highest BCUT2D eigenvalue weighted by molar-refractivity contribution is 6.32. The van der Waals surface area contributed by atoms with E-state index in [9.17, 15) is 20.2 Å². The molecule has 0 heterocycles. The van der Waals surface area contributed by atoms with Crippen LogP contribution in [0.5, 0.6) is 11.5 Å². The van der Waals surface area contributed by atoms with Crippen LogP contribution in [0.15, 0.2) is 30.3 Å². The van der Waals surface area contributed by atoms with Crippen LogP contribution >= 0.6 is 11.6 Å². The van der Waals surface area contributed by atoms with Crippen LogP contribution in [-0.4, -0.2) is 9.85 Å². The molecule has 2 rings (SSSR count). The number of hydrogen-bond donors (Lipinski definition) is 0. The largest absolute Gasteiger partial charge is 0.455 e. The molecule has 0 aliphatic heterocycles. The van der Waals surface area contributed by atoms with Crippen LogP contribution < -0.4 is 4.74 Å². The number of hydrogen-bond acceptors (Lipinski definition) is 6. The molecule has 0 aliphatic rings. The van der Waals surface area contributed by atoms with Gasteiger partial charge in [0, 0.05) is 12.1 Å². The lowest BCUT2D eigenvalue weighted by Crippen LogP contribution is -1.96. The lowest BCUT2D eigenvalue weighted by atomic mass is 10.1. The number of non-ortho nitro benzene ring substituents is 1. The quantitative estimate of drug-likeness (QED) is 0.612. The van der Waals surface area contributed by atoms with Crippen molar-refractivity contribution < 1.29 is 14.6 Å². The van der Waals surface area contributed by atoms with Gasteiger partial charge < -0.3 is 4.74 Å². The minimum Gasteiger partial charge on any atom is -0.455 e. The van der Waals surface area contributed by atoms with E-state index in [1.165, 1.54) is 18.2 Å². The molecule has 2 aromatic carbocycles. The molecule has 0 radical (unpaired) electrons. The number of nitro benzene ring substituents is 2. The molecule has 0 amide bonds. The highest BCUT2D eigenvalue weighted by atomic mass is 35.5. The molecular formula is C14H8ClN3O5. The van der Waals surface area contributed by atoms with E-state index in [1.807, 2.05) is 0 Å². The zero-order valence-electron chi connectivity index (χ0n) is 11.6. The van der Waals surface area contributed by atoms with Gasteiger partial charge in [-0.15, -0.1) is 0 Å². The maximum Gasteiger partial charge on any atom is 0.291 e. The third-order valence-electron chi connectivity index (χ3n) is 2.96. The molecule has 0 saturated carbocycles. The van der Waals surface area contributed by atoms with Crippen LogP contribution in [0.25, 0.3) is 0 Å². The molecule has 0 unspecified atom stereocenters. The summed E-state index contributed by atoms with van der Waals surface area (Å²) in [5, 5.41) is 30.7. The van der Waals surface area contributed by atoms with Crippen molar-refractivity contribution in [3.63, 3.8) is 0 Å². The van der Waals surface area contributed by atoms with Crippen LogP contribution in [0, 0.1) is 38.5 Å². The van der Waals surface area contributed by atoms with Gasteiger partial charge in [0.25, 0.3) is 11.4 Å². The first kappa shape index (κ1) is 16.2. The first-order chi connectivity index (χ1) is 10.8. The summed E-state index contributed by atoms with van der Waals surface area (Å²) >= 11 is 5.79. The maximum absolute atomic E-state index is 10.9. The fourth-order valence-electron chi connectivity index (χ4n) is 1.82. The van der Waals surface area contributed by atoms with Gasteiger partial charge in [-0.3, -0.25) is 20.2 Å². The summed E-state index contributed by atoms with van der Waals surface area (Å²) in [4.78, 5) is 20.3. The van der Waals surface area contributed by atoms with E-state index >= 15 is 0 Å². The van der Waals surface area contributed by atoms with E-state index in [0.29, 0.717) is 5.56 Å². The second-order valence-electron chi connectivity index (χ2n) is 4.48. The molecule has 8 nitrogen and oxygen atoms in total. The van der Waals surface area contributed by atoms with Crippen molar-refractivity contribution in [2.75, 3.05) is 0 Å². The molecule has 0 aliphatic carbocycles. The molecule has 116 valence electrons. The molecule has 0 fully saturated rings. The van der Waals surface area contributed by atoms with Crippen molar-refractivity contribution >= 4 is 23.0 Å². The number of benzene rings is 2. The van der Waals surface area contributed by atoms with Gasteiger partial charge in [-0.05, 0) is 24.6 Å². The lowest BCUT2D eigenvalue weighted by Gasteiger charge is -2.10. The van der Waals surface area contributed by atoms with Gasteiger partial charge in [-0.2, -0.15) is 5.26 Å². The summed E-state index contributed by atoms with van der Waals surface area (Å²) in [6.07, 6.45) is 0. The van der Waals surface area contributed by atoms with E-state index in [1.54, 1.807) is 13.0 Å². The molecule has 2 aromatic rings. The molecular weight excluding hydrogens is 326 g/mol. The molecule has 0 saturated heterocycles. The van der Waals surface area contributed by atoms with Gasteiger partial charge in [0.2, 0.25) is 0 Å². The predicted molar refractivity (Wildman–Crippen MR) is 80.7 cm³/mol. The van der Waals surface area contributed by atoms with Gasteiger partial charge >= 0.3 is 0 Å². The van der Waals surface area contributed by atoms with Crippen molar-refractivity contribution in [1.82, 2.24) is 0 Å². The van der Waals surface area contributed by atoms with E-state index in [2.05, 4.69) is 0 Å². The van der Waals surface area contributed by atoms with Gasteiger partial charge in [0.15, 0.2) is 0 Å². The minimum absolute atomic E-state index is 0.0379. The Morgan fingerprint density at radius 2 is 1.83 bits per heavy atom. The molecule has 0 aromatic heterocycles. The molecule has 9 heteroatoms. The Kier molecular flexibility index (Phi) is 4.43. The lowest BCUT2D eigenvalue weighted by molar-refractivity contribution is -0.385. The molecule has 0 spiro atoms. The Balaban J connectivity index is 2.47. The van der Waals surface area contributed by atoms with Crippen molar-refractivity contribution in [3.8, 4) is 17.6 Å². The van der Waals surface area contributed by atoms with Gasteiger partial charge in [0.05, 0.1) is 15.9 Å². The smallest absolute Gasteiger partial charge is 0.291 e. The Morgan fingerprint density at radius 1 is 1.13 bits per heavy atom. The normalized spacial score (nSPS) is 9.96.